The van der Waals surface area contributed by atoms with Crippen molar-refractivity contribution in [3.63, 3.8) is 0 Å². The van der Waals surface area contributed by atoms with Crippen molar-refractivity contribution in [3.8, 4) is 29.2 Å². The molecule has 0 saturated carbocycles. The van der Waals surface area contributed by atoms with Crippen molar-refractivity contribution < 1.29 is 4.79 Å². The average Bonchev–Trinajstić information content (AvgIpc) is 3.55. The quantitative estimate of drug-likeness (QED) is 0.107. The van der Waals surface area contributed by atoms with Crippen molar-refractivity contribution in [1.29, 1.82) is 5.26 Å². The maximum Gasteiger partial charge on any atom is 0.335 e. The third kappa shape index (κ3) is 9.30. The second-order valence-corrected chi connectivity index (χ2v) is 11.7. The molecule has 2 N–H and O–H groups in total. The molecule has 1 aromatic carbocycles. The van der Waals surface area contributed by atoms with Gasteiger partial charge in [0.15, 0.2) is 5.82 Å². The number of amides is 2. The Bertz CT molecular complexity index is 1700. The van der Waals surface area contributed by atoms with E-state index in [1.807, 2.05) is 49.6 Å². The monoisotopic (exact) mass is 630 g/mol. The first-order chi connectivity index (χ1) is 23.0. The number of nitrogens with one attached hydrogen (secondary N) is 2. The maximum atomic E-state index is 13.3. The number of rotatable bonds is 12. The van der Waals surface area contributed by atoms with Crippen molar-refractivity contribution in [2.24, 2.45) is 7.05 Å². The van der Waals surface area contributed by atoms with Crippen molar-refractivity contribution in [2.45, 2.75) is 70.9 Å². The highest BCUT2D eigenvalue weighted by atomic mass is 16.2. The van der Waals surface area contributed by atoms with Crippen LogP contribution in [0.25, 0.3) is 11.1 Å². The molecule has 11 nitrogen and oxygen atoms in total. The van der Waals surface area contributed by atoms with Gasteiger partial charge in [-0.25, -0.2) is 19.7 Å². The number of anilines is 3. The van der Waals surface area contributed by atoms with Gasteiger partial charge in [-0.05, 0) is 56.2 Å². The van der Waals surface area contributed by atoms with Crippen molar-refractivity contribution in [2.75, 3.05) is 28.2 Å². The van der Waals surface area contributed by atoms with Crippen LogP contribution in [0.4, 0.5) is 22.4 Å². The number of hydrogen-bond acceptors (Lipinski definition) is 8. The molecule has 4 heterocycles. The molecular weight excluding hydrogens is 588 g/mol. The largest absolute Gasteiger partial charge is 0.355 e. The Hall–Kier alpha value is -5.42. The molecular formula is C36H42N10O. The predicted octanol–water partition coefficient (Wildman–Crippen LogP) is 6.26. The first-order valence-corrected chi connectivity index (χ1v) is 16.4. The van der Waals surface area contributed by atoms with Crippen LogP contribution >= 0.6 is 0 Å². The zero-order valence-corrected chi connectivity index (χ0v) is 27.2. The fourth-order valence-corrected chi connectivity index (χ4v) is 5.58. The number of carbonyl (C=O) groups is 1. The number of benzene rings is 1. The molecule has 242 valence electrons. The van der Waals surface area contributed by atoms with Gasteiger partial charge in [0, 0.05) is 68.7 Å². The molecule has 1 saturated heterocycles. The molecule has 1 unspecified atom stereocenters. The van der Waals surface area contributed by atoms with Crippen LogP contribution in [0, 0.1) is 23.3 Å². The number of carbonyl (C=O) groups excluding carboxylic acids is 1. The summed E-state index contributed by atoms with van der Waals surface area (Å²) in [5, 5.41) is 20.4. The van der Waals surface area contributed by atoms with Crippen molar-refractivity contribution >= 4 is 23.6 Å². The lowest BCUT2D eigenvalue weighted by atomic mass is 10.1. The number of aromatic nitrogens is 5. The minimum atomic E-state index is -0.337. The predicted molar refractivity (Wildman–Crippen MR) is 184 cm³/mol. The third-order valence-corrected chi connectivity index (χ3v) is 8.07. The van der Waals surface area contributed by atoms with Gasteiger partial charge in [-0.1, -0.05) is 49.6 Å². The minimum absolute atomic E-state index is 0.163. The van der Waals surface area contributed by atoms with E-state index in [0.29, 0.717) is 30.3 Å². The first-order valence-electron chi connectivity index (χ1n) is 16.4. The zero-order chi connectivity index (χ0) is 32.8. The van der Waals surface area contributed by atoms with Crippen LogP contribution in [0.3, 0.4) is 0 Å². The Kier molecular flexibility index (Phi) is 11.8. The average molecular weight is 631 g/mol. The summed E-state index contributed by atoms with van der Waals surface area (Å²) < 4.78 is 1.74. The second kappa shape index (κ2) is 16.8. The number of urea groups is 1. The Morgan fingerprint density at radius 1 is 1.02 bits per heavy atom. The molecule has 1 atom stereocenters. The highest BCUT2D eigenvalue weighted by Crippen LogP contribution is 2.24. The topological polar surface area (TPSA) is 128 Å². The number of pyridine rings is 1. The van der Waals surface area contributed by atoms with E-state index in [1.165, 1.54) is 11.3 Å². The highest BCUT2D eigenvalue weighted by Gasteiger charge is 2.19. The Labute approximate surface area is 277 Å². The van der Waals surface area contributed by atoms with E-state index >= 15 is 0 Å². The molecule has 47 heavy (non-hydrogen) atoms. The molecule has 1 fully saturated rings. The molecule has 0 radical (unpaired) electrons. The summed E-state index contributed by atoms with van der Waals surface area (Å²) in [6, 6.07) is 18.6. The van der Waals surface area contributed by atoms with Gasteiger partial charge in [-0.15, -0.1) is 0 Å². The Balaban J connectivity index is 1.23. The highest BCUT2D eigenvalue weighted by molar-refractivity contribution is 5.94. The minimum Gasteiger partial charge on any atom is -0.355 e. The van der Waals surface area contributed by atoms with E-state index in [2.05, 4.69) is 55.6 Å². The summed E-state index contributed by atoms with van der Waals surface area (Å²) in [7, 11) is 1.87. The molecule has 2 amide bonds. The van der Waals surface area contributed by atoms with Crippen LogP contribution in [-0.2, 0) is 13.6 Å². The number of nitrogens with zero attached hydrogens (tertiary/aromatic N) is 8. The van der Waals surface area contributed by atoms with Crippen molar-refractivity contribution in [3.05, 3.63) is 78.4 Å². The number of piperidine rings is 1. The molecule has 0 aliphatic carbocycles. The molecule has 1 aliphatic heterocycles. The van der Waals surface area contributed by atoms with E-state index in [1.54, 1.807) is 29.3 Å². The Morgan fingerprint density at radius 2 is 1.85 bits per heavy atom. The molecule has 4 aromatic rings. The lowest BCUT2D eigenvalue weighted by Crippen LogP contribution is -2.37. The molecule has 0 bridgehead atoms. The summed E-state index contributed by atoms with van der Waals surface area (Å²) in [6.45, 7) is 4.36. The van der Waals surface area contributed by atoms with Crippen LogP contribution in [0.1, 0.15) is 69.4 Å². The van der Waals surface area contributed by atoms with Gasteiger partial charge in [-0.2, -0.15) is 15.3 Å². The molecule has 11 heteroatoms. The van der Waals surface area contributed by atoms with Gasteiger partial charge in [0.25, 0.3) is 0 Å². The van der Waals surface area contributed by atoms with Crippen LogP contribution in [0.15, 0.2) is 67.3 Å². The summed E-state index contributed by atoms with van der Waals surface area (Å²) in [4.78, 5) is 30.7. The van der Waals surface area contributed by atoms with Gasteiger partial charge < -0.3 is 15.5 Å². The van der Waals surface area contributed by atoms with Crippen LogP contribution < -0.4 is 20.4 Å². The third-order valence-electron chi connectivity index (χ3n) is 8.07. The van der Waals surface area contributed by atoms with E-state index in [4.69, 9.17) is 4.98 Å². The molecule has 5 rings (SSSR count). The summed E-state index contributed by atoms with van der Waals surface area (Å²) in [6.07, 6.45) is 14.7. The van der Waals surface area contributed by atoms with Crippen molar-refractivity contribution in [1.82, 2.24) is 30.0 Å². The van der Waals surface area contributed by atoms with E-state index in [-0.39, 0.29) is 12.1 Å². The van der Waals surface area contributed by atoms with Gasteiger partial charge in [0.05, 0.1) is 12.4 Å². The van der Waals surface area contributed by atoms with E-state index in [9.17, 15) is 10.1 Å². The molecule has 1 aliphatic rings. The maximum absolute atomic E-state index is 13.3. The lowest BCUT2D eigenvalue weighted by Gasteiger charge is -2.28. The van der Waals surface area contributed by atoms with Crippen LogP contribution in [0.2, 0.25) is 0 Å². The normalized spacial score (nSPS) is 13.2. The molecule has 0 spiro atoms. The first kappa shape index (κ1) is 33.0. The summed E-state index contributed by atoms with van der Waals surface area (Å²) in [5.41, 5.74) is 3.36. The second-order valence-electron chi connectivity index (χ2n) is 11.7. The fraction of sp³-hybridized carbons (Fsp3) is 0.389. The van der Waals surface area contributed by atoms with Gasteiger partial charge in [0.2, 0.25) is 5.95 Å². The van der Waals surface area contributed by atoms with E-state index < -0.39 is 0 Å². The number of aryl methyl sites for hydroxylation is 1. The van der Waals surface area contributed by atoms with Gasteiger partial charge >= 0.3 is 6.03 Å². The zero-order valence-electron chi connectivity index (χ0n) is 27.2. The fourth-order valence-electron chi connectivity index (χ4n) is 5.58. The van der Waals surface area contributed by atoms with Crippen LogP contribution in [0.5, 0.6) is 0 Å². The number of nitriles is 1. The summed E-state index contributed by atoms with van der Waals surface area (Å²) in [5.74, 6) is 4.92. The SMILES string of the molecule is CCCC(CCCC#CN(C(=O)NCc1ccccc1)c1ccc(-c2cnn(C)c2)cn1)Nc1ncc(C#N)c(N2CCCCC2)n1. The lowest BCUT2D eigenvalue weighted by molar-refractivity contribution is 0.248. The Morgan fingerprint density at radius 3 is 2.55 bits per heavy atom. The standard InChI is InChI=1S/C36H42N10O/c1-3-13-32(42-35-39-25-30(22-37)34(43-35)45-19-10-6-11-20-45)16-9-5-12-21-46(36(47)40-23-28-14-7-4-8-15-28)33-18-17-29(24-38-33)31-26-41-44(2)27-31/h4,7-8,14-15,17-18,24-27,32H,3,5-6,9-11,13,16,19-20,23H2,1-2H3,(H,40,47)(H,39,42,43). The van der Waals surface area contributed by atoms with Gasteiger partial charge in [0.1, 0.15) is 17.5 Å². The number of hydrogen-bond donors (Lipinski definition) is 2. The molecule has 3 aromatic heterocycles. The van der Waals surface area contributed by atoms with Gasteiger partial charge in [-0.3, -0.25) is 4.68 Å². The number of unbranched alkanes of at least 4 members (excludes halogenated alkanes) is 1. The summed E-state index contributed by atoms with van der Waals surface area (Å²) >= 11 is 0. The smallest absolute Gasteiger partial charge is 0.335 e. The van der Waals surface area contributed by atoms with E-state index in [0.717, 1.165) is 74.1 Å². The van der Waals surface area contributed by atoms with Crippen LogP contribution in [-0.4, -0.2) is 49.9 Å².